The number of hydrogen-bond acceptors (Lipinski definition) is 3. The molecule has 1 atom stereocenters. The molecule has 1 saturated carbocycles. The zero-order valence-corrected chi connectivity index (χ0v) is 7.47. The van der Waals surface area contributed by atoms with Crippen molar-refractivity contribution in [3.8, 4) is 12.3 Å². The van der Waals surface area contributed by atoms with Crippen molar-refractivity contribution in [2.75, 3.05) is 7.11 Å². The second-order valence-corrected chi connectivity index (χ2v) is 3.33. The fraction of sp³-hybridized carbons (Fsp3) is 0.778. The SMILES string of the molecule is C#CC(CC1(OC)CCC1)NN. The topological polar surface area (TPSA) is 47.3 Å². The average molecular weight is 168 g/mol. The lowest BCUT2D eigenvalue weighted by atomic mass is 9.76. The van der Waals surface area contributed by atoms with E-state index in [0.29, 0.717) is 0 Å². The fourth-order valence-corrected chi connectivity index (χ4v) is 1.60. The maximum atomic E-state index is 5.42. The number of terminal acetylenes is 1. The highest BCUT2D eigenvalue weighted by Gasteiger charge is 2.38. The second-order valence-electron chi connectivity index (χ2n) is 3.33. The maximum Gasteiger partial charge on any atom is 0.0842 e. The van der Waals surface area contributed by atoms with Crippen LogP contribution in [0.15, 0.2) is 0 Å². The van der Waals surface area contributed by atoms with E-state index in [1.54, 1.807) is 7.11 Å². The Labute approximate surface area is 73.6 Å². The van der Waals surface area contributed by atoms with Gasteiger partial charge in [0.1, 0.15) is 0 Å². The molecular formula is C9H16N2O. The molecule has 1 unspecified atom stereocenters. The number of nitrogens with one attached hydrogen (secondary N) is 1. The Bertz CT molecular complexity index is 176. The minimum Gasteiger partial charge on any atom is -0.378 e. The third-order valence-electron chi connectivity index (χ3n) is 2.68. The summed E-state index contributed by atoms with van der Waals surface area (Å²) in [5, 5.41) is 0. The number of rotatable bonds is 4. The van der Waals surface area contributed by atoms with Crippen molar-refractivity contribution in [1.82, 2.24) is 5.43 Å². The Hall–Kier alpha value is -0.560. The molecule has 3 nitrogen and oxygen atoms in total. The molecule has 0 radical (unpaired) electrons. The van der Waals surface area contributed by atoms with Crippen LogP contribution in [-0.2, 0) is 4.74 Å². The van der Waals surface area contributed by atoms with E-state index in [-0.39, 0.29) is 11.6 Å². The van der Waals surface area contributed by atoms with Crippen molar-refractivity contribution in [1.29, 1.82) is 0 Å². The highest BCUT2D eigenvalue weighted by Crippen LogP contribution is 2.38. The van der Waals surface area contributed by atoms with Crippen molar-refractivity contribution in [3.05, 3.63) is 0 Å². The lowest BCUT2D eigenvalue weighted by Crippen LogP contribution is -2.47. The number of methoxy groups -OCH3 is 1. The third-order valence-corrected chi connectivity index (χ3v) is 2.68. The van der Waals surface area contributed by atoms with Crippen molar-refractivity contribution >= 4 is 0 Å². The third kappa shape index (κ3) is 1.78. The molecule has 0 spiro atoms. The van der Waals surface area contributed by atoms with E-state index in [9.17, 15) is 0 Å². The molecule has 68 valence electrons. The molecule has 1 aliphatic rings. The molecule has 0 aromatic carbocycles. The minimum atomic E-state index is -0.0646. The summed E-state index contributed by atoms with van der Waals surface area (Å²) in [6.45, 7) is 0. The summed E-state index contributed by atoms with van der Waals surface area (Å²) in [5.41, 5.74) is 2.60. The van der Waals surface area contributed by atoms with Crippen LogP contribution in [0.4, 0.5) is 0 Å². The number of hydrogen-bond donors (Lipinski definition) is 2. The van der Waals surface area contributed by atoms with Crippen LogP contribution in [0.2, 0.25) is 0 Å². The molecule has 1 rings (SSSR count). The van der Waals surface area contributed by atoms with Gasteiger partial charge in [0.05, 0.1) is 11.6 Å². The summed E-state index contributed by atoms with van der Waals surface area (Å²) in [6, 6.07) is -0.0646. The zero-order valence-electron chi connectivity index (χ0n) is 7.47. The first-order valence-corrected chi connectivity index (χ1v) is 4.24. The zero-order chi connectivity index (χ0) is 9.03. The summed E-state index contributed by atoms with van der Waals surface area (Å²) < 4.78 is 5.42. The Balaban J connectivity index is 2.42. The van der Waals surface area contributed by atoms with E-state index >= 15 is 0 Å². The van der Waals surface area contributed by atoms with Gasteiger partial charge >= 0.3 is 0 Å². The summed E-state index contributed by atoms with van der Waals surface area (Å²) >= 11 is 0. The smallest absolute Gasteiger partial charge is 0.0842 e. The lowest BCUT2D eigenvalue weighted by molar-refractivity contribution is -0.0803. The van der Waals surface area contributed by atoms with Crippen molar-refractivity contribution in [3.63, 3.8) is 0 Å². The van der Waals surface area contributed by atoms with Gasteiger partial charge in [-0.25, -0.2) is 5.43 Å². The van der Waals surface area contributed by atoms with Gasteiger partial charge in [-0.3, -0.25) is 5.84 Å². The molecule has 0 amide bonds. The first kappa shape index (κ1) is 9.53. The van der Waals surface area contributed by atoms with E-state index in [2.05, 4.69) is 11.3 Å². The van der Waals surface area contributed by atoms with Crippen LogP contribution >= 0.6 is 0 Å². The highest BCUT2D eigenvalue weighted by molar-refractivity contribution is 5.04. The summed E-state index contributed by atoms with van der Waals surface area (Å²) in [4.78, 5) is 0. The standard InChI is InChI=1S/C9H16N2O/c1-3-8(11-10)7-9(12-2)5-4-6-9/h1,8,11H,4-7,10H2,2H3. The Kier molecular flexibility index (Phi) is 3.10. The van der Waals surface area contributed by atoms with Crippen LogP contribution in [0.3, 0.4) is 0 Å². The summed E-state index contributed by atoms with van der Waals surface area (Å²) in [5.74, 6) is 7.87. The molecule has 1 fully saturated rings. The predicted molar refractivity (Wildman–Crippen MR) is 48.2 cm³/mol. The molecule has 0 heterocycles. The van der Waals surface area contributed by atoms with Gasteiger partial charge in [-0.05, 0) is 19.3 Å². The van der Waals surface area contributed by atoms with Gasteiger partial charge in [0.25, 0.3) is 0 Å². The summed E-state index contributed by atoms with van der Waals surface area (Å²) in [7, 11) is 1.74. The number of ether oxygens (including phenoxy) is 1. The number of hydrazine groups is 1. The molecule has 3 N–H and O–H groups in total. The molecule has 3 heteroatoms. The van der Waals surface area contributed by atoms with Crippen LogP contribution in [0, 0.1) is 12.3 Å². The van der Waals surface area contributed by atoms with E-state index in [1.807, 2.05) is 0 Å². The lowest BCUT2D eigenvalue weighted by Gasteiger charge is -2.41. The Morgan fingerprint density at radius 2 is 2.42 bits per heavy atom. The van der Waals surface area contributed by atoms with Gasteiger partial charge in [-0.2, -0.15) is 0 Å². The molecule has 1 aliphatic carbocycles. The normalized spacial score (nSPS) is 22.4. The largest absolute Gasteiger partial charge is 0.378 e. The monoisotopic (exact) mass is 168 g/mol. The predicted octanol–water partition coefficient (Wildman–Crippen LogP) is 0.411. The van der Waals surface area contributed by atoms with Gasteiger partial charge in [-0.15, -0.1) is 6.42 Å². The van der Waals surface area contributed by atoms with Crippen LogP contribution in [-0.4, -0.2) is 18.8 Å². The number of nitrogens with two attached hydrogens (primary N) is 1. The van der Waals surface area contributed by atoms with Gasteiger partial charge in [0.2, 0.25) is 0 Å². The van der Waals surface area contributed by atoms with Gasteiger partial charge in [-0.1, -0.05) is 5.92 Å². The van der Waals surface area contributed by atoms with Crippen LogP contribution < -0.4 is 11.3 Å². The molecule has 0 aromatic heterocycles. The van der Waals surface area contributed by atoms with Crippen LogP contribution in [0.25, 0.3) is 0 Å². The Morgan fingerprint density at radius 3 is 2.67 bits per heavy atom. The Morgan fingerprint density at radius 1 is 1.75 bits per heavy atom. The van der Waals surface area contributed by atoms with Crippen LogP contribution in [0.1, 0.15) is 25.7 Å². The van der Waals surface area contributed by atoms with Crippen molar-refractivity contribution in [2.24, 2.45) is 5.84 Å². The molecule has 0 saturated heterocycles. The quantitative estimate of drug-likeness (QED) is 0.363. The average Bonchev–Trinajstić information content (AvgIpc) is 2.05. The second kappa shape index (κ2) is 3.90. The van der Waals surface area contributed by atoms with Gasteiger partial charge < -0.3 is 4.74 Å². The molecule has 0 aromatic rings. The first-order valence-electron chi connectivity index (χ1n) is 4.24. The van der Waals surface area contributed by atoms with Gasteiger partial charge in [0, 0.05) is 13.5 Å². The van der Waals surface area contributed by atoms with Crippen molar-refractivity contribution in [2.45, 2.75) is 37.3 Å². The molecule has 0 aliphatic heterocycles. The van der Waals surface area contributed by atoms with Crippen molar-refractivity contribution < 1.29 is 4.74 Å². The molecule has 12 heavy (non-hydrogen) atoms. The molecule has 0 bridgehead atoms. The van der Waals surface area contributed by atoms with E-state index in [0.717, 1.165) is 19.3 Å². The van der Waals surface area contributed by atoms with E-state index < -0.39 is 0 Å². The van der Waals surface area contributed by atoms with Gasteiger partial charge in [0.15, 0.2) is 0 Å². The minimum absolute atomic E-state index is 0.00338. The maximum absolute atomic E-state index is 5.42. The van der Waals surface area contributed by atoms with E-state index in [1.165, 1.54) is 6.42 Å². The van der Waals surface area contributed by atoms with Crippen LogP contribution in [0.5, 0.6) is 0 Å². The first-order chi connectivity index (χ1) is 5.76. The summed E-state index contributed by atoms with van der Waals surface area (Å²) in [6.07, 6.45) is 9.52. The van der Waals surface area contributed by atoms with E-state index in [4.69, 9.17) is 17.0 Å². The fourth-order valence-electron chi connectivity index (χ4n) is 1.60. The highest BCUT2D eigenvalue weighted by atomic mass is 16.5. The molecular weight excluding hydrogens is 152 g/mol.